The lowest BCUT2D eigenvalue weighted by atomic mass is 10.0. The molecule has 0 atom stereocenters. The van der Waals surface area contributed by atoms with Gasteiger partial charge >= 0.3 is 0 Å². The van der Waals surface area contributed by atoms with Crippen LogP contribution in [-0.4, -0.2) is 4.57 Å². The Morgan fingerprint density at radius 1 is 0.459 bits per heavy atom. The smallest absolute Gasteiger partial charge is 0.213 e. The van der Waals surface area contributed by atoms with E-state index in [1.54, 1.807) is 0 Å². The van der Waals surface area contributed by atoms with Crippen LogP contribution in [0.2, 0.25) is 0 Å². The summed E-state index contributed by atoms with van der Waals surface area (Å²) in [5.41, 5.74) is 10.6. The van der Waals surface area contributed by atoms with Gasteiger partial charge in [0.1, 0.15) is 11.2 Å². The van der Waals surface area contributed by atoms with Crippen molar-refractivity contribution in [2.45, 2.75) is 0 Å². The second-order valence-corrected chi connectivity index (χ2v) is 16.4. The molecule has 0 aliphatic rings. The van der Waals surface area contributed by atoms with E-state index in [9.17, 15) is 0 Å². The van der Waals surface area contributed by atoms with E-state index in [1.807, 2.05) is 65.9 Å². The number of aromatic nitrogens is 1. The summed E-state index contributed by atoms with van der Waals surface area (Å²) < 4.78 is 60.0. The number of furan rings is 2. The van der Waals surface area contributed by atoms with Crippen LogP contribution in [0.4, 0.5) is 17.1 Å². The lowest BCUT2D eigenvalue weighted by Crippen LogP contribution is -2.10. The van der Waals surface area contributed by atoms with E-state index in [2.05, 4.69) is 131 Å². The Morgan fingerprint density at radius 2 is 1.10 bits per heavy atom. The number of para-hydroxylation sites is 3. The summed E-state index contributed by atoms with van der Waals surface area (Å²) in [4.78, 5) is 2.13. The minimum atomic E-state index is -0.415. The first-order valence-corrected chi connectivity index (χ1v) is 21.0. The molecule has 0 bridgehead atoms. The Kier molecular flexibility index (Phi) is 6.42. The van der Waals surface area contributed by atoms with Gasteiger partial charge in [-0.2, -0.15) is 0 Å². The van der Waals surface area contributed by atoms with Crippen LogP contribution in [0, 0.1) is 0 Å². The molecule has 4 heterocycles. The van der Waals surface area contributed by atoms with Gasteiger partial charge in [-0.05, 0) is 95.1 Å². The zero-order chi connectivity index (χ0) is 44.4. The first-order chi connectivity index (χ1) is 32.3. The van der Waals surface area contributed by atoms with E-state index in [0.717, 1.165) is 88.8 Å². The Labute approximate surface area is 361 Å². The monoisotopic (exact) mass is 803 g/mol. The Morgan fingerprint density at radius 3 is 1.92 bits per heavy atom. The highest BCUT2D eigenvalue weighted by Gasteiger charge is 2.23. The molecule has 0 saturated heterocycles. The van der Waals surface area contributed by atoms with Crippen LogP contribution in [0.1, 0.15) is 6.85 Å². The van der Waals surface area contributed by atoms with E-state index in [-0.39, 0.29) is 29.7 Å². The normalized spacial score (nSPS) is 13.1. The van der Waals surface area contributed by atoms with Crippen LogP contribution in [-0.2, 0) is 0 Å². The quantitative estimate of drug-likeness (QED) is 0.168. The van der Waals surface area contributed by atoms with Gasteiger partial charge in [0.05, 0.1) is 29.1 Å². The van der Waals surface area contributed by atoms with Crippen LogP contribution < -0.4 is 4.90 Å². The van der Waals surface area contributed by atoms with Crippen LogP contribution in [0.3, 0.4) is 0 Å². The molecule has 5 heteroatoms. The lowest BCUT2D eigenvalue weighted by Gasteiger charge is -2.26. The van der Waals surface area contributed by atoms with Gasteiger partial charge in [0, 0.05) is 53.1 Å². The van der Waals surface area contributed by atoms with E-state index >= 15 is 0 Å². The number of hydrogen-bond donors (Lipinski definition) is 0. The Bertz CT molecular complexity index is 4100. The van der Waals surface area contributed by atoms with Crippen molar-refractivity contribution in [1.82, 2.24) is 4.57 Å². The molecule has 0 radical (unpaired) electrons. The molecule has 4 nitrogen and oxygen atoms in total. The van der Waals surface area contributed by atoms with Crippen molar-refractivity contribution in [2.24, 2.45) is 0 Å². The molecule has 61 heavy (non-hydrogen) atoms. The second kappa shape index (κ2) is 13.3. The van der Waals surface area contributed by atoms with Crippen LogP contribution in [0.5, 0.6) is 0 Å². The molecule has 0 unspecified atom stereocenters. The highest BCUT2D eigenvalue weighted by Crippen LogP contribution is 2.46. The van der Waals surface area contributed by atoms with E-state index < -0.39 is 6.04 Å². The third kappa shape index (κ3) is 5.24. The Balaban J connectivity index is 0.942. The molecule has 9 aromatic carbocycles. The van der Waals surface area contributed by atoms with Gasteiger partial charge in [0.15, 0.2) is 5.58 Å². The van der Waals surface area contributed by atoms with Crippen molar-refractivity contribution in [2.75, 3.05) is 4.90 Å². The predicted octanol–water partition coefficient (Wildman–Crippen LogP) is 16.6. The molecule has 0 amide bonds. The molecule has 13 aromatic rings. The summed E-state index contributed by atoms with van der Waals surface area (Å²) in [6, 6.07) is 58.6. The number of benzene rings is 9. The molecule has 4 aromatic heterocycles. The molecule has 0 N–H and O–H groups in total. The number of rotatable bonds is 6. The third-order valence-corrected chi connectivity index (χ3v) is 13.0. The molecule has 13 rings (SSSR count). The van der Waals surface area contributed by atoms with Crippen molar-refractivity contribution in [3.8, 4) is 27.9 Å². The maximum Gasteiger partial charge on any atom is 0.213 e. The molecule has 0 saturated carbocycles. The first kappa shape index (κ1) is 29.4. The third-order valence-electron chi connectivity index (χ3n) is 11.9. The summed E-state index contributed by atoms with van der Waals surface area (Å²) in [5.74, 6) is 0. The molecule has 0 aliphatic heterocycles. The molecular formula is C56H34N2O2S. The zero-order valence-electron chi connectivity index (χ0n) is 37.4. The molecule has 0 fully saturated rings. The molecule has 0 spiro atoms. The average Bonchev–Trinajstić information content (AvgIpc) is 4.12. The first-order valence-electron chi connectivity index (χ1n) is 22.7. The lowest BCUT2D eigenvalue weighted by molar-refractivity contribution is 0.646. The number of hydrogen-bond acceptors (Lipinski definition) is 4. The fourth-order valence-electron chi connectivity index (χ4n) is 9.16. The standard InChI is InChI=1S/C56H34N2O2S/c1-2-12-35(13-3-1)36-24-29-39(30-25-36)57(48-20-10-17-42-41-14-5-8-21-49(41)59-55(42)48)40-31-26-37(27-32-40)38-28-33-50-45(34-38)53-43-15-4-7-18-46(43)58(56(53)60-50)47-19-11-23-52-54(47)44-16-6-9-22-51(44)61-52/h1-34H/i1D,2D,3D,12D,13D. The van der Waals surface area contributed by atoms with E-state index in [0.29, 0.717) is 5.56 Å². The van der Waals surface area contributed by atoms with E-state index in [1.165, 1.54) is 20.2 Å². The SMILES string of the molecule is [2H]c1c([2H])c([2H])c(-c2ccc(N(c3ccc(-c4ccc5oc6c(c5c4)c4ccccc4n6-c4cccc5sc6ccccc6c45)cc3)c3cccc4c3oc3ccccc34)cc2)c([2H])c1[2H]. The zero-order valence-corrected chi connectivity index (χ0v) is 33.2. The fourth-order valence-corrected chi connectivity index (χ4v) is 10.3. The number of fused-ring (bicyclic) bond motifs is 11. The van der Waals surface area contributed by atoms with Crippen LogP contribution in [0.15, 0.2) is 215 Å². The van der Waals surface area contributed by atoms with Gasteiger partial charge in [0.2, 0.25) is 5.71 Å². The highest BCUT2D eigenvalue weighted by molar-refractivity contribution is 7.25. The van der Waals surface area contributed by atoms with Gasteiger partial charge in [0.25, 0.3) is 0 Å². The number of nitrogens with zero attached hydrogens (tertiary/aromatic N) is 2. The topological polar surface area (TPSA) is 34.5 Å². The minimum Gasteiger partial charge on any atom is -0.454 e. The van der Waals surface area contributed by atoms with Crippen LogP contribution in [0.25, 0.3) is 103 Å². The highest BCUT2D eigenvalue weighted by atomic mass is 32.1. The minimum absolute atomic E-state index is 0.160. The summed E-state index contributed by atoms with van der Waals surface area (Å²) in [6.45, 7) is 0. The maximum atomic E-state index is 8.61. The van der Waals surface area contributed by atoms with Gasteiger partial charge in [-0.3, -0.25) is 4.57 Å². The summed E-state index contributed by atoms with van der Waals surface area (Å²) in [7, 11) is 0. The van der Waals surface area contributed by atoms with Crippen molar-refractivity contribution in [1.29, 1.82) is 0 Å². The van der Waals surface area contributed by atoms with E-state index in [4.69, 9.17) is 15.7 Å². The molecule has 286 valence electrons. The summed E-state index contributed by atoms with van der Waals surface area (Å²) >= 11 is 1.81. The second-order valence-electron chi connectivity index (χ2n) is 15.3. The van der Waals surface area contributed by atoms with Crippen molar-refractivity contribution < 1.29 is 15.7 Å². The number of thiophene rings is 1. The fraction of sp³-hybridized carbons (Fsp3) is 0. The molecule has 0 aliphatic carbocycles. The Hall–Kier alpha value is -7.86. The summed E-state index contributed by atoms with van der Waals surface area (Å²) in [6.07, 6.45) is 0. The van der Waals surface area contributed by atoms with Gasteiger partial charge in [-0.1, -0.05) is 133 Å². The predicted molar refractivity (Wildman–Crippen MR) is 256 cm³/mol. The summed E-state index contributed by atoms with van der Waals surface area (Å²) in [5, 5.41) is 7.71. The van der Waals surface area contributed by atoms with Crippen LogP contribution >= 0.6 is 11.3 Å². The van der Waals surface area contributed by atoms with Crippen molar-refractivity contribution in [3.05, 3.63) is 206 Å². The van der Waals surface area contributed by atoms with Crippen molar-refractivity contribution in [3.63, 3.8) is 0 Å². The van der Waals surface area contributed by atoms with Crippen molar-refractivity contribution >= 4 is 103 Å². The number of anilines is 3. The maximum absolute atomic E-state index is 8.61. The average molecular weight is 804 g/mol. The van der Waals surface area contributed by atoms with Gasteiger partial charge in [-0.15, -0.1) is 11.3 Å². The molecular weight excluding hydrogens is 765 g/mol. The van der Waals surface area contributed by atoms with Gasteiger partial charge < -0.3 is 13.7 Å². The van der Waals surface area contributed by atoms with Gasteiger partial charge in [-0.25, -0.2) is 0 Å². The largest absolute Gasteiger partial charge is 0.454 e.